The largest absolute Gasteiger partial charge is 0.495 e. The Morgan fingerprint density at radius 2 is 1.66 bits per heavy atom. The lowest BCUT2D eigenvalue weighted by atomic mass is 9.87. The lowest BCUT2D eigenvalue weighted by molar-refractivity contribution is -0.136. The first-order valence-electron chi connectivity index (χ1n) is 24.0. The van der Waals surface area contributed by atoms with Gasteiger partial charge in [0.1, 0.15) is 23.5 Å². The minimum atomic E-state index is -1.01. The van der Waals surface area contributed by atoms with Gasteiger partial charge in [-0.2, -0.15) is 4.98 Å². The van der Waals surface area contributed by atoms with Gasteiger partial charge in [0.2, 0.25) is 29.6 Å². The van der Waals surface area contributed by atoms with E-state index in [0.29, 0.717) is 86.4 Å². The van der Waals surface area contributed by atoms with Crippen molar-refractivity contribution >= 4 is 70.2 Å². The molecule has 1 aliphatic carbocycles. The number of amides is 7. The van der Waals surface area contributed by atoms with Crippen molar-refractivity contribution in [2.45, 2.75) is 114 Å². The Morgan fingerprint density at radius 3 is 2.35 bits per heavy atom. The number of hydrogen-bond donors (Lipinski definition) is 4. The van der Waals surface area contributed by atoms with Gasteiger partial charge in [0.05, 0.1) is 42.3 Å². The van der Waals surface area contributed by atoms with E-state index in [1.807, 2.05) is 17.9 Å². The van der Waals surface area contributed by atoms with Gasteiger partial charge >= 0.3 is 0 Å². The molecule has 9 rings (SSSR count). The zero-order valence-electron chi connectivity index (χ0n) is 38.9. The highest BCUT2D eigenvalue weighted by Gasteiger charge is 2.46. The van der Waals surface area contributed by atoms with Crippen molar-refractivity contribution in [3.8, 4) is 5.75 Å². The molecule has 2 atom stereocenters. The molecule has 6 heterocycles. The van der Waals surface area contributed by atoms with Crippen molar-refractivity contribution in [3.05, 3.63) is 59.3 Å². The third-order valence-corrected chi connectivity index (χ3v) is 15.0. The summed E-state index contributed by atoms with van der Waals surface area (Å²) in [6.45, 7) is 3.97. The van der Waals surface area contributed by atoms with Crippen LogP contribution in [0.1, 0.15) is 121 Å². The Bertz CT molecular complexity index is 2510. The summed E-state index contributed by atoms with van der Waals surface area (Å²) in [6.07, 6.45) is 10.3. The number of carbonyl (C=O) groups is 7. The van der Waals surface area contributed by atoms with Crippen LogP contribution >= 0.6 is 0 Å². The van der Waals surface area contributed by atoms with Crippen molar-refractivity contribution in [1.29, 1.82) is 0 Å². The third kappa shape index (κ3) is 8.83. The van der Waals surface area contributed by atoms with Crippen LogP contribution in [0.5, 0.6) is 5.75 Å². The van der Waals surface area contributed by atoms with E-state index >= 15 is 0 Å². The van der Waals surface area contributed by atoms with Crippen LogP contribution in [-0.4, -0.2) is 137 Å². The number of imide groups is 2. The van der Waals surface area contributed by atoms with Gasteiger partial charge in [0.25, 0.3) is 17.7 Å². The smallest absolute Gasteiger partial charge is 0.262 e. The van der Waals surface area contributed by atoms with E-state index in [2.05, 4.69) is 30.7 Å². The summed E-state index contributed by atoms with van der Waals surface area (Å²) in [7, 11) is 3.28. The molecule has 0 spiro atoms. The van der Waals surface area contributed by atoms with Crippen LogP contribution in [0.3, 0.4) is 0 Å². The van der Waals surface area contributed by atoms with Gasteiger partial charge in [0, 0.05) is 63.4 Å². The number of nitrogens with one attached hydrogen (secondary N) is 3. The number of nitrogens with zero attached hydrogens (tertiary/aromatic N) is 7. The van der Waals surface area contributed by atoms with Gasteiger partial charge in [0.15, 0.2) is 5.82 Å². The Labute approximate surface area is 394 Å². The number of likely N-dealkylation sites (tertiary alicyclic amines) is 1. The molecule has 3 saturated heterocycles. The SMILES string of the molecule is CCC1C(=O)N(C)c2cnc(Nc3ccc(C(=O)NC4(CO)CCN(C(=O)CCC5CCN(c6ccc7c(c6)C(=O)N(C6CCC(=O)NC6=O)C7=O)CC5)CC4)cc3OC)nc2N1C1CCCC1. The molecule has 2 unspecified atom stereocenters. The molecule has 1 aromatic heterocycles. The quantitative estimate of drug-likeness (QED) is 0.178. The lowest BCUT2D eigenvalue weighted by Crippen LogP contribution is -2.58. The predicted molar refractivity (Wildman–Crippen MR) is 251 cm³/mol. The maximum Gasteiger partial charge on any atom is 0.262 e. The van der Waals surface area contributed by atoms with E-state index in [1.54, 1.807) is 48.5 Å². The molecular formula is C49H60N10O9. The van der Waals surface area contributed by atoms with Crippen LogP contribution in [0.2, 0.25) is 0 Å². The normalized spacial score (nSPS) is 22.1. The number of methoxy groups -OCH3 is 1. The monoisotopic (exact) mass is 932 g/mol. The molecule has 7 amide bonds. The number of carbonyl (C=O) groups excluding carboxylic acids is 7. The molecule has 6 aliphatic rings. The lowest BCUT2D eigenvalue weighted by Gasteiger charge is -2.43. The molecule has 3 aromatic rings. The second-order valence-corrected chi connectivity index (χ2v) is 19.0. The summed E-state index contributed by atoms with van der Waals surface area (Å²) >= 11 is 0. The van der Waals surface area contributed by atoms with Crippen LogP contribution in [-0.2, 0) is 19.2 Å². The molecule has 0 radical (unpaired) electrons. The first-order valence-corrected chi connectivity index (χ1v) is 24.0. The van der Waals surface area contributed by atoms with Crippen molar-refractivity contribution in [2.75, 3.05) is 67.0 Å². The molecule has 4 N–H and O–H groups in total. The van der Waals surface area contributed by atoms with Gasteiger partial charge in [-0.3, -0.25) is 43.8 Å². The summed E-state index contributed by atoms with van der Waals surface area (Å²) in [6, 6.07) is 9.10. The van der Waals surface area contributed by atoms with E-state index in [1.165, 1.54) is 7.11 Å². The van der Waals surface area contributed by atoms with E-state index in [9.17, 15) is 38.7 Å². The number of aliphatic hydroxyl groups is 1. The fourth-order valence-corrected chi connectivity index (χ4v) is 10.9. The molecule has 360 valence electrons. The summed E-state index contributed by atoms with van der Waals surface area (Å²) in [4.78, 5) is 109. The van der Waals surface area contributed by atoms with E-state index in [-0.39, 0.29) is 60.4 Å². The fourth-order valence-electron chi connectivity index (χ4n) is 10.9. The first-order chi connectivity index (χ1) is 32.8. The van der Waals surface area contributed by atoms with Crippen molar-refractivity contribution in [3.63, 3.8) is 0 Å². The number of piperidine rings is 3. The Balaban J connectivity index is 0.755. The number of ether oxygens (including phenoxy) is 1. The van der Waals surface area contributed by atoms with Gasteiger partial charge in [-0.15, -0.1) is 0 Å². The second kappa shape index (κ2) is 19.2. The second-order valence-electron chi connectivity index (χ2n) is 19.0. The van der Waals surface area contributed by atoms with E-state index < -0.39 is 35.2 Å². The zero-order chi connectivity index (χ0) is 47.9. The number of hydrogen-bond acceptors (Lipinski definition) is 14. The number of likely N-dealkylation sites (N-methyl/N-ethyl adjacent to an activating group) is 1. The Kier molecular flexibility index (Phi) is 13.1. The average Bonchev–Trinajstić information content (AvgIpc) is 3.98. The zero-order valence-corrected chi connectivity index (χ0v) is 38.9. The van der Waals surface area contributed by atoms with Gasteiger partial charge in [-0.25, -0.2) is 4.98 Å². The van der Waals surface area contributed by atoms with Crippen molar-refractivity contribution in [2.24, 2.45) is 5.92 Å². The fraction of sp³-hybridized carbons (Fsp3) is 0.531. The Hall–Kier alpha value is -6.63. The molecule has 4 fully saturated rings. The van der Waals surface area contributed by atoms with E-state index in [0.717, 1.165) is 61.4 Å². The van der Waals surface area contributed by atoms with Gasteiger partial charge in [-0.1, -0.05) is 19.8 Å². The van der Waals surface area contributed by atoms with Crippen LogP contribution in [0.15, 0.2) is 42.6 Å². The number of fused-ring (bicyclic) bond motifs is 2. The number of aromatic nitrogens is 2. The number of rotatable bonds is 13. The molecule has 2 aromatic carbocycles. The van der Waals surface area contributed by atoms with Crippen LogP contribution in [0.4, 0.5) is 28.8 Å². The van der Waals surface area contributed by atoms with Crippen molar-refractivity contribution < 1.29 is 43.4 Å². The minimum absolute atomic E-state index is 0.0386. The van der Waals surface area contributed by atoms with E-state index in [4.69, 9.17) is 9.72 Å². The molecule has 68 heavy (non-hydrogen) atoms. The van der Waals surface area contributed by atoms with Crippen LogP contribution in [0, 0.1) is 5.92 Å². The molecular weight excluding hydrogens is 873 g/mol. The number of aliphatic hydroxyl groups excluding tert-OH is 1. The molecule has 5 aliphatic heterocycles. The number of benzene rings is 2. The maximum absolute atomic E-state index is 13.7. The Morgan fingerprint density at radius 1 is 0.926 bits per heavy atom. The van der Waals surface area contributed by atoms with Crippen LogP contribution < -0.4 is 35.4 Å². The summed E-state index contributed by atoms with van der Waals surface area (Å²) in [5.41, 5.74) is 1.96. The molecule has 0 bridgehead atoms. The van der Waals surface area contributed by atoms with Crippen molar-refractivity contribution in [1.82, 2.24) is 30.4 Å². The summed E-state index contributed by atoms with van der Waals surface area (Å²) < 4.78 is 5.71. The highest BCUT2D eigenvalue weighted by molar-refractivity contribution is 6.23. The van der Waals surface area contributed by atoms with Crippen LogP contribution in [0.25, 0.3) is 0 Å². The highest BCUT2D eigenvalue weighted by Crippen LogP contribution is 2.41. The third-order valence-electron chi connectivity index (χ3n) is 15.0. The molecule has 1 saturated carbocycles. The first kappa shape index (κ1) is 46.5. The summed E-state index contributed by atoms with van der Waals surface area (Å²) in [5, 5.41) is 19.1. The topological polar surface area (TPSA) is 227 Å². The highest BCUT2D eigenvalue weighted by atomic mass is 16.5. The maximum atomic E-state index is 13.7. The molecule has 19 nitrogen and oxygen atoms in total. The summed E-state index contributed by atoms with van der Waals surface area (Å²) in [5.74, 6) is -0.641. The average molecular weight is 933 g/mol. The molecule has 19 heteroatoms. The minimum Gasteiger partial charge on any atom is -0.495 e. The van der Waals surface area contributed by atoms with Gasteiger partial charge < -0.3 is 40.1 Å². The number of anilines is 5. The van der Waals surface area contributed by atoms with Gasteiger partial charge in [-0.05, 0) is 100 Å². The standard InChI is InChI=1S/C49H60N10O9/c1-4-36-47(67)55(2)38-27-50-48(53-42(38)58(36)31-7-5-6-8-31)51-35-13-10-30(25-39(35)68-3)43(63)54-49(28-60)19-23-57(24-20-49)41(62)16-9-29-17-21-56(22-18-29)32-11-12-33-34(26-32)46(66)59(45(33)65)37-14-15-40(61)52-44(37)64/h10-13,25-27,29,31,36-37,60H,4-9,14-24,28H2,1-3H3,(H,54,63)(H,50,51,53)(H,52,61,64). The predicted octanol–water partition coefficient (Wildman–Crippen LogP) is 3.91.